The minimum Gasteiger partial charge on any atom is -0.874 e. The molecule has 3 aromatic rings. The molecular formula is C34H30N2O5. The molecule has 1 unspecified atom stereocenters. The molecular weight excluding hydrogens is 516 g/mol. The van der Waals surface area contributed by atoms with E-state index in [1.807, 2.05) is 84.3 Å². The first kappa shape index (κ1) is 27.4. The molecule has 0 spiro atoms. The normalized spacial score (nSPS) is 17.7. The van der Waals surface area contributed by atoms with Gasteiger partial charge in [-0.3, -0.25) is 4.79 Å². The van der Waals surface area contributed by atoms with Gasteiger partial charge in [0.05, 0.1) is 0 Å². The van der Waals surface area contributed by atoms with Crippen LogP contribution < -0.4 is 14.7 Å². The summed E-state index contributed by atoms with van der Waals surface area (Å²) >= 11 is 0. The molecule has 2 aliphatic carbocycles. The highest BCUT2D eigenvalue weighted by Crippen LogP contribution is 2.41. The number of hydrogen-bond donors (Lipinski definition) is 1. The summed E-state index contributed by atoms with van der Waals surface area (Å²) in [7, 11) is 3.82. The number of benzene rings is 3. The van der Waals surface area contributed by atoms with E-state index in [2.05, 4.69) is 6.58 Å². The van der Waals surface area contributed by atoms with E-state index in [0.717, 1.165) is 22.8 Å². The van der Waals surface area contributed by atoms with E-state index in [0.29, 0.717) is 16.9 Å². The number of aromatic hydroxyl groups is 1. The minimum atomic E-state index is -0.717. The van der Waals surface area contributed by atoms with Crippen molar-refractivity contribution < 1.29 is 29.1 Å². The molecule has 3 aromatic carbocycles. The largest absolute Gasteiger partial charge is 0.874 e. The maximum absolute atomic E-state index is 13.1. The van der Waals surface area contributed by atoms with Crippen LogP contribution in [-0.4, -0.2) is 41.2 Å². The van der Waals surface area contributed by atoms with Crippen molar-refractivity contribution in [3.05, 3.63) is 121 Å². The van der Waals surface area contributed by atoms with Crippen LogP contribution in [0, 0.1) is 11.8 Å². The molecule has 1 N–H and O–H groups in total. The third-order valence-electron chi connectivity index (χ3n) is 7.37. The van der Waals surface area contributed by atoms with Gasteiger partial charge in [0.25, 0.3) is 0 Å². The lowest BCUT2D eigenvalue weighted by Crippen LogP contribution is -2.41. The highest BCUT2D eigenvalue weighted by Gasteiger charge is 2.38. The first-order valence-electron chi connectivity index (χ1n) is 13.2. The van der Waals surface area contributed by atoms with Gasteiger partial charge in [0, 0.05) is 65.7 Å². The van der Waals surface area contributed by atoms with Crippen molar-refractivity contribution in [3.63, 3.8) is 0 Å². The zero-order chi connectivity index (χ0) is 29.3. The molecule has 206 valence electrons. The number of esters is 1. The van der Waals surface area contributed by atoms with Crippen LogP contribution in [-0.2, 0) is 9.59 Å². The molecule has 0 radical (unpaired) electrons. The van der Waals surface area contributed by atoms with Crippen molar-refractivity contribution in [1.29, 1.82) is 0 Å². The third kappa shape index (κ3) is 5.47. The van der Waals surface area contributed by atoms with Crippen LogP contribution in [0.3, 0.4) is 0 Å². The topological polar surface area (TPSA) is 92.9 Å². The fourth-order valence-corrected chi connectivity index (χ4v) is 4.85. The van der Waals surface area contributed by atoms with Crippen LogP contribution in [0.2, 0.25) is 0 Å². The van der Waals surface area contributed by atoms with Crippen LogP contribution >= 0.6 is 0 Å². The Balaban J connectivity index is 1.26. The molecule has 2 aliphatic rings. The second kappa shape index (κ2) is 11.1. The van der Waals surface area contributed by atoms with Gasteiger partial charge in [0.2, 0.25) is 11.4 Å². The Labute approximate surface area is 239 Å². The van der Waals surface area contributed by atoms with Crippen molar-refractivity contribution in [2.24, 2.45) is 11.8 Å². The van der Waals surface area contributed by atoms with Crippen molar-refractivity contribution in [3.8, 4) is 11.5 Å². The standard InChI is InChI=1S/C34H30N2O5/c1-21(2)34(40)41-29-19-15-27(16-20-29)36(4)25-11-7-23(8-12-25)31-32(38)30(33(31)39)22-5-9-24(10-6-22)35(3)26-13-17-28(37)18-14-26/h5-20,23,31H,1H2,2-4H3,(H-,37,38,39). The third-order valence-corrected chi connectivity index (χ3v) is 7.37. The number of rotatable bonds is 7. The number of allylic oxidation sites excluding steroid dienone is 6. The summed E-state index contributed by atoms with van der Waals surface area (Å²) in [4.78, 5) is 26.8. The van der Waals surface area contributed by atoms with Crippen molar-refractivity contribution >= 4 is 40.1 Å². The van der Waals surface area contributed by atoms with Gasteiger partial charge >= 0.3 is 5.97 Å². The van der Waals surface area contributed by atoms with E-state index in [9.17, 15) is 19.8 Å². The van der Waals surface area contributed by atoms with E-state index < -0.39 is 11.9 Å². The number of ketones is 1. The monoisotopic (exact) mass is 546 g/mol. The maximum Gasteiger partial charge on any atom is 0.338 e. The molecule has 1 atom stereocenters. The molecule has 0 amide bonds. The number of hydrogen-bond acceptors (Lipinski definition) is 6. The number of phenols is 1. The summed E-state index contributed by atoms with van der Waals surface area (Å²) in [6.07, 6.45) is 7.60. The first-order valence-corrected chi connectivity index (χ1v) is 13.2. The van der Waals surface area contributed by atoms with Gasteiger partial charge in [-0.1, -0.05) is 30.9 Å². The Kier molecular flexibility index (Phi) is 7.44. The van der Waals surface area contributed by atoms with E-state index in [1.165, 1.54) is 0 Å². The Morgan fingerprint density at radius 2 is 1.51 bits per heavy atom. The van der Waals surface area contributed by atoms with Crippen LogP contribution in [0.25, 0.3) is 5.57 Å². The predicted molar refractivity (Wildman–Crippen MR) is 158 cm³/mol. The van der Waals surface area contributed by atoms with Crippen molar-refractivity contribution in [1.82, 2.24) is 0 Å². The highest BCUT2D eigenvalue weighted by molar-refractivity contribution is 6.29. The number of anilines is 2. The molecule has 0 fully saturated rings. The molecule has 7 nitrogen and oxygen atoms in total. The lowest BCUT2D eigenvalue weighted by Gasteiger charge is -2.40. The lowest BCUT2D eigenvalue weighted by molar-refractivity contribution is -0.403. The quantitative estimate of drug-likeness (QED) is 0.193. The molecule has 0 heterocycles. The number of nitrogens with zero attached hydrogens (tertiary/aromatic N) is 2. The second-order valence-corrected chi connectivity index (χ2v) is 10.1. The average molecular weight is 547 g/mol. The minimum absolute atomic E-state index is 0.148. The average Bonchev–Trinajstić information content (AvgIpc) is 2.98. The zero-order valence-corrected chi connectivity index (χ0v) is 23.1. The molecule has 0 aromatic heterocycles. The number of carbonyl (C=O) groups excluding carboxylic acids is 2. The SMILES string of the molecule is C=C(C)C(=O)Oc1ccc([N+](C)=C2C=CC(C3C(=O)C(c4ccc(N(C)c5ccc(O)cc5)cc4)=C3[O-])C=C2)cc1. The zero-order valence-electron chi connectivity index (χ0n) is 23.1. The van der Waals surface area contributed by atoms with E-state index in [4.69, 9.17) is 4.74 Å². The van der Waals surface area contributed by atoms with Gasteiger partial charge in [0.15, 0.2) is 5.78 Å². The Morgan fingerprint density at radius 1 is 0.951 bits per heavy atom. The summed E-state index contributed by atoms with van der Waals surface area (Å²) < 4.78 is 7.21. The van der Waals surface area contributed by atoms with Gasteiger partial charge in [-0.25, -0.2) is 4.79 Å². The smallest absolute Gasteiger partial charge is 0.338 e. The van der Waals surface area contributed by atoms with Crippen LogP contribution in [0.1, 0.15) is 12.5 Å². The lowest BCUT2D eigenvalue weighted by atomic mass is 9.71. The summed E-state index contributed by atoms with van der Waals surface area (Å²) in [5.74, 6) is -1.16. The number of Topliss-reactive ketones (excluding diaryl/α,β-unsaturated/α-hetero) is 1. The number of carbonyl (C=O) groups is 2. The van der Waals surface area contributed by atoms with Gasteiger partial charge < -0.3 is 19.8 Å². The molecule has 7 heteroatoms. The number of phenolic OH excluding ortho intramolecular Hbond substituents is 1. The van der Waals surface area contributed by atoms with E-state index >= 15 is 0 Å². The van der Waals surface area contributed by atoms with Crippen LogP contribution in [0.4, 0.5) is 17.1 Å². The van der Waals surface area contributed by atoms with E-state index in [1.54, 1.807) is 43.3 Å². The highest BCUT2D eigenvalue weighted by atomic mass is 16.5. The molecule has 0 aliphatic heterocycles. The summed E-state index contributed by atoms with van der Waals surface area (Å²) in [5, 5.41) is 22.6. The van der Waals surface area contributed by atoms with Gasteiger partial charge in [0.1, 0.15) is 18.5 Å². The molecule has 0 bridgehead atoms. The molecule has 0 saturated heterocycles. The Hall–Kier alpha value is -5.17. The summed E-state index contributed by atoms with van der Waals surface area (Å²) in [5.41, 5.74) is 4.76. The number of ether oxygens (including phenoxy) is 1. The van der Waals surface area contributed by atoms with Gasteiger partial charge in [-0.15, -0.1) is 5.76 Å². The molecule has 41 heavy (non-hydrogen) atoms. The van der Waals surface area contributed by atoms with Gasteiger partial charge in [-0.2, -0.15) is 4.58 Å². The summed E-state index contributed by atoms with van der Waals surface area (Å²) in [6.45, 7) is 5.18. The fraction of sp³-hybridized carbons (Fsp3) is 0.147. The van der Waals surface area contributed by atoms with E-state index in [-0.39, 0.29) is 28.8 Å². The fourth-order valence-electron chi connectivity index (χ4n) is 4.85. The van der Waals surface area contributed by atoms with Crippen molar-refractivity contribution in [2.75, 3.05) is 19.0 Å². The summed E-state index contributed by atoms with van der Waals surface area (Å²) in [6, 6.07) is 21.3. The van der Waals surface area contributed by atoms with Crippen LogP contribution in [0.5, 0.6) is 11.5 Å². The predicted octanol–water partition coefficient (Wildman–Crippen LogP) is 5.07. The first-order chi connectivity index (χ1) is 19.6. The van der Waals surface area contributed by atoms with Gasteiger partial charge in [-0.05, 0) is 61.0 Å². The Bertz CT molecular complexity index is 1630. The second-order valence-electron chi connectivity index (χ2n) is 10.1. The molecule has 5 rings (SSSR count). The Morgan fingerprint density at radius 3 is 2.05 bits per heavy atom. The molecule has 0 saturated carbocycles. The van der Waals surface area contributed by atoms with Crippen molar-refractivity contribution in [2.45, 2.75) is 6.92 Å². The van der Waals surface area contributed by atoms with Crippen LogP contribution in [0.15, 0.2) is 115 Å². The maximum atomic E-state index is 13.1.